The molecule has 0 aliphatic heterocycles. The van der Waals surface area contributed by atoms with E-state index in [0.29, 0.717) is 12.0 Å². The molecule has 1 atom stereocenters. The summed E-state index contributed by atoms with van der Waals surface area (Å²) in [5, 5.41) is 5.78. The van der Waals surface area contributed by atoms with Gasteiger partial charge in [0.1, 0.15) is 0 Å². The van der Waals surface area contributed by atoms with Crippen molar-refractivity contribution in [3.8, 4) is 0 Å². The van der Waals surface area contributed by atoms with E-state index in [0.717, 1.165) is 13.1 Å². The fraction of sp³-hybridized carbons (Fsp3) is 0.500. The Morgan fingerprint density at radius 2 is 2.16 bits per heavy atom. The van der Waals surface area contributed by atoms with Crippen LogP contribution in [0.25, 0.3) is 0 Å². The zero-order valence-electron chi connectivity index (χ0n) is 12.1. The Kier molecular flexibility index (Phi) is 5.23. The van der Waals surface area contributed by atoms with Crippen LogP contribution in [0, 0.1) is 5.92 Å². The van der Waals surface area contributed by atoms with Crippen molar-refractivity contribution in [2.75, 3.05) is 6.54 Å². The maximum atomic E-state index is 3.65. The molecule has 1 unspecified atom stereocenters. The molecule has 104 valence electrons. The predicted molar refractivity (Wildman–Crippen MR) is 83.7 cm³/mol. The first-order valence-electron chi connectivity index (χ1n) is 7.12. The highest BCUT2D eigenvalue weighted by Gasteiger charge is 2.15. The molecule has 2 aromatic rings. The SMILES string of the molecule is CCCNC(c1ccn(Cc2cccs2)c1)C(C)C. The summed E-state index contributed by atoms with van der Waals surface area (Å²) in [7, 11) is 0. The van der Waals surface area contributed by atoms with Gasteiger partial charge in [0, 0.05) is 23.3 Å². The van der Waals surface area contributed by atoms with E-state index in [1.54, 1.807) is 0 Å². The summed E-state index contributed by atoms with van der Waals surface area (Å²) < 4.78 is 2.28. The summed E-state index contributed by atoms with van der Waals surface area (Å²) in [6, 6.07) is 7.02. The Morgan fingerprint density at radius 3 is 2.79 bits per heavy atom. The highest BCUT2D eigenvalue weighted by molar-refractivity contribution is 7.09. The Morgan fingerprint density at radius 1 is 1.32 bits per heavy atom. The molecule has 0 fully saturated rings. The molecule has 0 aliphatic rings. The van der Waals surface area contributed by atoms with Crippen molar-refractivity contribution in [2.24, 2.45) is 5.92 Å². The molecule has 0 saturated heterocycles. The highest BCUT2D eigenvalue weighted by Crippen LogP contribution is 2.22. The standard InChI is InChI=1S/C16H24N2S/c1-4-8-17-16(13(2)3)14-7-9-18(11-14)12-15-6-5-10-19-15/h5-7,9-11,13,16-17H,4,8,12H2,1-3H3. The van der Waals surface area contributed by atoms with Gasteiger partial charge < -0.3 is 9.88 Å². The number of hydrogen-bond donors (Lipinski definition) is 1. The number of thiophene rings is 1. The molecule has 2 nitrogen and oxygen atoms in total. The van der Waals surface area contributed by atoms with Gasteiger partial charge in [-0.3, -0.25) is 0 Å². The minimum atomic E-state index is 0.463. The summed E-state index contributed by atoms with van der Waals surface area (Å²) in [6.45, 7) is 8.84. The van der Waals surface area contributed by atoms with Crippen LogP contribution >= 0.6 is 11.3 Å². The van der Waals surface area contributed by atoms with Gasteiger partial charge in [-0.25, -0.2) is 0 Å². The van der Waals surface area contributed by atoms with Gasteiger partial charge in [0.15, 0.2) is 0 Å². The molecule has 0 spiro atoms. The van der Waals surface area contributed by atoms with Crippen LogP contribution in [-0.4, -0.2) is 11.1 Å². The maximum Gasteiger partial charge on any atom is 0.0563 e. The monoisotopic (exact) mass is 276 g/mol. The van der Waals surface area contributed by atoms with Gasteiger partial charge >= 0.3 is 0 Å². The van der Waals surface area contributed by atoms with Crippen LogP contribution in [-0.2, 0) is 6.54 Å². The first-order chi connectivity index (χ1) is 9.20. The summed E-state index contributed by atoms with van der Waals surface area (Å²) in [5.41, 5.74) is 1.40. The van der Waals surface area contributed by atoms with Gasteiger partial charge in [-0.2, -0.15) is 0 Å². The predicted octanol–water partition coefficient (Wildman–Crippen LogP) is 4.29. The van der Waals surface area contributed by atoms with E-state index in [1.807, 2.05) is 11.3 Å². The Bertz CT molecular complexity index is 471. The van der Waals surface area contributed by atoms with Crippen LogP contribution in [0.5, 0.6) is 0 Å². The molecule has 0 amide bonds. The fourth-order valence-electron chi connectivity index (χ4n) is 2.36. The molecular weight excluding hydrogens is 252 g/mol. The van der Waals surface area contributed by atoms with Crippen molar-refractivity contribution in [1.82, 2.24) is 9.88 Å². The highest BCUT2D eigenvalue weighted by atomic mass is 32.1. The first-order valence-corrected chi connectivity index (χ1v) is 8.00. The van der Waals surface area contributed by atoms with Crippen molar-refractivity contribution >= 4 is 11.3 Å². The lowest BCUT2D eigenvalue weighted by atomic mass is 9.98. The molecule has 2 aromatic heterocycles. The molecule has 0 bridgehead atoms. The smallest absolute Gasteiger partial charge is 0.0563 e. The Balaban J connectivity index is 2.05. The Hall–Kier alpha value is -1.06. The third kappa shape index (κ3) is 3.95. The van der Waals surface area contributed by atoms with E-state index >= 15 is 0 Å². The van der Waals surface area contributed by atoms with Crippen molar-refractivity contribution in [2.45, 2.75) is 39.8 Å². The summed E-state index contributed by atoms with van der Waals surface area (Å²) >= 11 is 1.82. The van der Waals surface area contributed by atoms with E-state index in [2.05, 4.69) is 66.6 Å². The van der Waals surface area contributed by atoms with Crippen molar-refractivity contribution in [3.05, 3.63) is 46.4 Å². The van der Waals surface area contributed by atoms with Crippen LogP contribution in [0.15, 0.2) is 36.0 Å². The molecule has 1 N–H and O–H groups in total. The van der Waals surface area contributed by atoms with Crippen LogP contribution in [0.3, 0.4) is 0 Å². The number of aromatic nitrogens is 1. The minimum Gasteiger partial charge on any atom is -0.349 e. The second-order valence-corrected chi connectivity index (χ2v) is 6.40. The van der Waals surface area contributed by atoms with Crippen LogP contribution < -0.4 is 5.32 Å². The van der Waals surface area contributed by atoms with Gasteiger partial charge in [-0.15, -0.1) is 11.3 Å². The molecular formula is C16H24N2S. The normalized spacial score (nSPS) is 13.1. The third-order valence-corrected chi connectivity index (χ3v) is 4.19. The van der Waals surface area contributed by atoms with Crippen LogP contribution in [0.4, 0.5) is 0 Å². The molecule has 2 heterocycles. The van der Waals surface area contributed by atoms with Crippen LogP contribution in [0.1, 0.15) is 43.7 Å². The van der Waals surface area contributed by atoms with Gasteiger partial charge in [0.05, 0.1) is 6.54 Å². The van der Waals surface area contributed by atoms with Crippen molar-refractivity contribution in [3.63, 3.8) is 0 Å². The number of nitrogens with one attached hydrogen (secondary N) is 1. The fourth-order valence-corrected chi connectivity index (χ4v) is 3.08. The van der Waals surface area contributed by atoms with E-state index in [9.17, 15) is 0 Å². The second-order valence-electron chi connectivity index (χ2n) is 5.37. The molecule has 19 heavy (non-hydrogen) atoms. The zero-order chi connectivity index (χ0) is 13.7. The number of nitrogens with zero attached hydrogens (tertiary/aromatic N) is 1. The van der Waals surface area contributed by atoms with Gasteiger partial charge in [0.2, 0.25) is 0 Å². The molecule has 0 aromatic carbocycles. The lowest BCUT2D eigenvalue weighted by Crippen LogP contribution is -2.26. The van der Waals surface area contributed by atoms with Crippen molar-refractivity contribution in [1.29, 1.82) is 0 Å². The quantitative estimate of drug-likeness (QED) is 0.798. The average molecular weight is 276 g/mol. The molecule has 0 aliphatic carbocycles. The topological polar surface area (TPSA) is 17.0 Å². The zero-order valence-corrected chi connectivity index (χ0v) is 12.9. The molecule has 2 rings (SSSR count). The van der Waals surface area contributed by atoms with Crippen LogP contribution in [0.2, 0.25) is 0 Å². The summed E-state index contributed by atoms with van der Waals surface area (Å²) in [6.07, 6.45) is 5.66. The minimum absolute atomic E-state index is 0.463. The summed E-state index contributed by atoms with van der Waals surface area (Å²) in [5.74, 6) is 0.615. The second kappa shape index (κ2) is 6.92. The summed E-state index contributed by atoms with van der Waals surface area (Å²) in [4.78, 5) is 1.41. The molecule has 0 radical (unpaired) electrons. The van der Waals surface area contributed by atoms with Crippen molar-refractivity contribution < 1.29 is 0 Å². The third-order valence-electron chi connectivity index (χ3n) is 3.33. The average Bonchev–Trinajstić information content (AvgIpc) is 3.02. The Labute approximate surface area is 120 Å². The molecule has 0 saturated carbocycles. The van der Waals surface area contributed by atoms with E-state index in [4.69, 9.17) is 0 Å². The first kappa shape index (κ1) is 14.4. The molecule has 3 heteroatoms. The van der Waals surface area contributed by atoms with Gasteiger partial charge in [-0.05, 0) is 42.0 Å². The largest absolute Gasteiger partial charge is 0.349 e. The van der Waals surface area contributed by atoms with E-state index in [1.165, 1.54) is 16.9 Å². The maximum absolute atomic E-state index is 3.65. The van der Waals surface area contributed by atoms with Gasteiger partial charge in [-0.1, -0.05) is 26.8 Å². The van der Waals surface area contributed by atoms with Gasteiger partial charge in [0.25, 0.3) is 0 Å². The van der Waals surface area contributed by atoms with E-state index in [-0.39, 0.29) is 0 Å². The number of rotatable bonds is 7. The number of hydrogen-bond acceptors (Lipinski definition) is 2. The lowest BCUT2D eigenvalue weighted by Gasteiger charge is -2.21. The van der Waals surface area contributed by atoms with E-state index < -0.39 is 0 Å². The lowest BCUT2D eigenvalue weighted by molar-refractivity contribution is 0.412.